The molecule has 0 radical (unpaired) electrons. The Hall–Kier alpha value is -1.68. The molecule has 4 heteroatoms. The molecular formula is C14H16N2OS. The van der Waals surface area contributed by atoms with Crippen molar-refractivity contribution in [2.24, 2.45) is 10.9 Å². The monoisotopic (exact) mass is 260 g/mol. The van der Waals surface area contributed by atoms with Crippen molar-refractivity contribution in [2.45, 2.75) is 24.0 Å². The minimum atomic E-state index is 0.146. The molecule has 0 unspecified atom stereocenters. The van der Waals surface area contributed by atoms with Crippen LogP contribution in [-0.4, -0.2) is 16.3 Å². The maximum absolute atomic E-state index is 8.82. The second kappa shape index (κ2) is 5.31. The van der Waals surface area contributed by atoms with Gasteiger partial charge in [-0.3, -0.25) is 0 Å². The lowest BCUT2D eigenvalue weighted by atomic mass is 10.0. The molecule has 0 amide bonds. The van der Waals surface area contributed by atoms with Gasteiger partial charge in [0.05, 0.1) is 0 Å². The number of fused-ring (bicyclic) bond motifs is 1. The molecule has 0 aliphatic heterocycles. The van der Waals surface area contributed by atoms with Gasteiger partial charge in [-0.05, 0) is 22.9 Å². The van der Waals surface area contributed by atoms with Crippen LogP contribution in [0.15, 0.2) is 46.4 Å². The Morgan fingerprint density at radius 3 is 2.44 bits per heavy atom. The van der Waals surface area contributed by atoms with Crippen LogP contribution in [-0.2, 0) is 0 Å². The normalized spacial score (nSPS) is 12.3. The van der Waals surface area contributed by atoms with E-state index in [1.54, 1.807) is 0 Å². The predicted molar refractivity (Wildman–Crippen MR) is 77.5 cm³/mol. The maximum atomic E-state index is 8.82. The van der Waals surface area contributed by atoms with E-state index >= 15 is 0 Å². The van der Waals surface area contributed by atoms with Crippen molar-refractivity contribution in [1.29, 1.82) is 0 Å². The average Bonchev–Trinajstić information content (AvgIpc) is 2.38. The Labute approximate surface area is 111 Å². The quantitative estimate of drug-likeness (QED) is 0.292. The van der Waals surface area contributed by atoms with Gasteiger partial charge < -0.3 is 10.9 Å². The SMILES string of the molecule is CC(C)Sc1ccc(/C(N)=N/O)c2ccccc12. The Balaban J connectivity index is 2.66. The molecule has 3 nitrogen and oxygen atoms in total. The summed E-state index contributed by atoms with van der Waals surface area (Å²) >= 11 is 1.81. The third-order valence-electron chi connectivity index (χ3n) is 2.63. The minimum Gasteiger partial charge on any atom is -0.409 e. The van der Waals surface area contributed by atoms with Crippen molar-refractivity contribution in [1.82, 2.24) is 0 Å². The number of nitrogens with zero attached hydrogens (tertiary/aromatic N) is 1. The first-order valence-electron chi connectivity index (χ1n) is 5.79. The van der Waals surface area contributed by atoms with Crippen LogP contribution in [0.5, 0.6) is 0 Å². The molecule has 2 rings (SSSR count). The number of thioether (sulfide) groups is 1. The highest BCUT2D eigenvalue weighted by molar-refractivity contribution is 8.00. The van der Waals surface area contributed by atoms with Crippen molar-refractivity contribution >= 4 is 28.4 Å². The lowest BCUT2D eigenvalue weighted by molar-refractivity contribution is 0.318. The molecule has 0 saturated carbocycles. The zero-order valence-electron chi connectivity index (χ0n) is 10.4. The number of benzene rings is 2. The second-order valence-electron chi connectivity index (χ2n) is 4.31. The highest BCUT2D eigenvalue weighted by Crippen LogP contribution is 2.32. The summed E-state index contributed by atoms with van der Waals surface area (Å²) in [6, 6.07) is 12.0. The smallest absolute Gasteiger partial charge is 0.170 e. The largest absolute Gasteiger partial charge is 0.409 e. The summed E-state index contributed by atoms with van der Waals surface area (Å²) in [5.74, 6) is 0.146. The highest BCUT2D eigenvalue weighted by atomic mass is 32.2. The van der Waals surface area contributed by atoms with Crippen LogP contribution in [0.4, 0.5) is 0 Å². The Kier molecular flexibility index (Phi) is 3.77. The van der Waals surface area contributed by atoms with Crippen molar-refractivity contribution in [3.63, 3.8) is 0 Å². The van der Waals surface area contributed by atoms with Gasteiger partial charge in [0.1, 0.15) is 0 Å². The fourth-order valence-electron chi connectivity index (χ4n) is 1.91. The lowest BCUT2D eigenvalue weighted by Crippen LogP contribution is -2.13. The van der Waals surface area contributed by atoms with E-state index in [4.69, 9.17) is 10.9 Å². The summed E-state index contributed by atoms with van der Waals surface area (Å²) in [4.78, 5) is 1.22. The number of amidine groups is 1. The van der Waals surface area contributed by atoms with Gasteiger partial charge in [0.25, 0.3) is 0 Å². The van der Waals surface area contributed by atoms with E-state index in [-0.39, 0.29) is 5.84 Å². The van der Waals surface area contributed by atoms with Gasteiger partial charge >= 0.3 is 0 Å². The highest BCUT2D eigenvalue weighted by Gasteiger charge is 2.10. The third kappa shape index (κ3) is 2.43. The van der Waals surface area contributed by atoms with Crippen LogP contribution < -0.4 is 5.73 Å². The summed E-state index contributed by atoms with van der Waals surface area (Å²) in [7, 11) is 0. The van der Waals surface area contributed by atoms with Crippen molar-refractivity contribution < 1.29 is 5.21 Å². The molecule has 0 aliphatic carbocycles. The summed E-state index contributed by atoms with van der Waals surface area (Å²) < 4.78 is 0. The van der Waals surface area contributed by atoms with Crippen molar-refractivity contribution in [3.05, 3.63) is 42.0 Å². The van der Waals surface area contributed by atoms with E-state index in [1.165, 1.54) is 4.90 Å². The first kappa shape index (κ1) is 12.8. The number of oxime groups is 1. The molecule has 2 aromatic carbocycles. The first-order valence-corrected chi connectivity index (χ1v) is 6.67. The second-order valence-corrected chi connectivity index (χ2v) is 5.93. The Morgan fingerprint density at radius 2 is 1.83 bits per heavy atom. The molecule has 94 valence electrons. The first-order chi connectivity index (χ1) is 8.63. The van der Waals surface area contributed by atoms with E-state index in [0.717, 1.165) is 16.3 Å². The van der Waals surface area contributed by atoms with E-state index in [0.29, 0.717) is 5.25 Å². The van der Waals surface area contributed by atoms with Crippen molar-refractivity contribution in [2.75, 3.05) is 0 Å². The molecule has 0 aliphatic rings. The number of hydrogen-bond acceptors (Lipinski definition) is 3. The third-order valence-corrected chi connectivity index (χ3v) is 3.71. The number of hydrogen-bond donors (Lipinski definition) is 2. The van der Waals surface area contributed by atoms with Crippen LogP contribution in [0, 0.1) is 0 Å². The van der Waals surface area contributed by atoms with Gasteiger partial charge in [-0.1, -0.05) is 43.3 Å². The molecule has 3 N–H and O–H groups in total. The van der Waals surface area contributed by atoms with Gasteiger partial charge in [-0.2, -0.15) is 0 Å². The minimum absolute atomic E-state index is 0.146. The van der Waals surface area contributed by atoms with Gasteiger partial charge in [-0.25, -0.2) is 0 Å². The van der Waals surface area contributed by atoms with E-state index in [1.807, 2.05) is 42.1 Å². The number of nitrogens with two attached hydrogens (primary N) is 1. The molecular weight excluding hydrogens is 244 g/mol. The van der Waals surface area contributed by atoms with Gasteiger partial charge in [0.2, 0.25) is 0 Å². The van der Waals surface area contributed by atoms with E-state index in [2.05, 4.69) is 25.1 Å². The summed E-state index contributed by atoms with van der Waals surface area (Å²) in [5, 5.41) is 14.6. The fourth-order valence-corrected chi connectivity index (χ4v) is 2.86. The van der Waals surface area contributed by atoms with Crippen LogP contribution >= 0.6 is 11.8 Å². The van der Waals surface area contributed by atoms with Crippen LogP contribution in [0.1, 0.15) is 19.4 Å². The van der Waals surface area contributed by atoms with Crippen LogP contribution in [0.2, 0.25) is 0 Å². The molecule has 0 spiro atoms. The zero-order valence-corrected chi connectivity index (χ0v) is 11.2. The molecule has 0 heterocycles. The lowest BCUT2D eigenvalue weighted by Gasteiger charge is -2.11. The van der Waals surface area contributed by atoms with Gasteiger partial charge in [-0.15, -0.1) is 11.8 Å². The summed E-state index contributed by atoms with van der Waals surface area (Å²) in [6.45, 7) is 4.33. The van der Waals surface area contributed by atoms with Crippen LogP contribution in [0.25, 0.3) is 10.8 Å². The van der Waals surface area contributed by atoms with Gasteiger partial charge in [0, 0.05) is 15.7 Å². The maximum Gasteiger partial charge on any atom is 0.170 e. The van der Waals surface area contributed by atoms with E-state index < -0.39 is 0 Å². The summed E-state index contributed by atoms with van der Waals surface area (Å²) in [6.07, 6.45) is 0. The van der Waals surface area contributed by atoms with E-state index in [9.17, 15) is 0 Å². The van der Waals surface area contributed by atoms with Crippen LogP contribution in [0.3, 0.4) is 0 Å². The zero-order chi connectivity index (χ0) is 13.1. The molecule has 0 fully saturated rings. The number of rotatable bonds is 3. The molecule has 0 saturated heterocycles. The van der Waals surface area contributed by atoms with Gasteiger partial charge in [0.15, 0.2) is 5.84 Å². The average molecular weight is 260 g/mol. The standard InChI is InChI=1S/C14H16N2OS/c1-9(2)18-13-8-7-12(14(15)16-17)10-5-3-4-6-11(10)13/h3-9,17H,1-2H3,(H2,15,16). The summed E-state index contributed by atoms with van der Waals surface area (Å²) in [5.41, 5.74) is 6.47. The Bertz CT molecular complexity index is 593. The predicted octanol–water partition coefficient (Wildman–Crippen LogP) is 3.43. The molecule has 2 aromatic rings. The molecule has 0 bridgehead atoms. The topological polar surface area (TPSA) is 58.6 Å². The van der Waals surface area contributed by atoms with Crippen molar-refractivity contribution in [3.8, 4) is 0 Å². The fraction of sp³-hybridized carbons (Fsp3) is 0.214. The molecule has 0 aromatic heterocycles. The molecule has 0 atom stereocenters. The molecule has 18 heavy (non-hydrogen) atoms. The Morgan fingerprint density at radius 1 is 1.17 bits per heavy atom.